The molecule has 0 saturated carbocycles. The quantitative estimate of drug-likeness (QED) is 0.628. The number of nitrogens with one attached hydrogen (secondary N) is 1. The van der Waals surface area contributed by atoms with Gasteiger partial charge in [0.1, 0.15) is 6.20 Å². The molecule has 1 N–H and O–H groups in total. The Morgan fingerprint density at radius 1 is 1.14 bits per heavy atom. The second kappa shape index (κ2) is 6.75. The first-order valence-corrected chi connectivity index (χ1v) is 6.95. The summed E-state index contributed by atoms with van der Waals surface area (Å²) >= 11 is 0. The van der Waals surface area contributed by atoms with Gasteiger partial charge in [-0.1, -0.05) is 24.3 Å². The van der Waals surface area contributed by atoms with Gasteiger partial charge in [0.05, 0.1) is 6.20 Å². The average Bonchev–Trinajstić information content (AvgIpc) is 2.85. The maximum Gasteiger partial charge on any atom is 0.266 e. The van der Waals surface area contributed by atoms with Crippen LogP contribution in [0.3, 0.4) is 0 Å². The lowest BCUT2D eigenvalue weighted by atomic mass is 10.1. The number of fused-ring (bicyclic) bond motifs is 1. The van der Waals surface area contributed by atoms with E-state index in [0.717, 1.165) is 22.3 Å². The van der Waals surface area contributed by atoms with Crippen molar-refractivity contribution in [3.63, 3.8) is 0 Å². The monoisotopic (exact) mass is 359 g/mol. The van der Waals surface area contributed by atoms with Crippen molar-refractivity contribution in [2.75, 3.05) is 5.32 Å². The van der Waals surface area contributed by atoms with Crippen molar-refractivity contribution in [3.8, 4) is 0 Å². The molecule has 0 fully saturated rings. The number of carbonyl (C=O) groups excluding carboxylic acids is 1. The molecule has 2 aromatic heterocycles. The van der Waals surface area contributed by atoms with E-state index in [1.165, 1.54) is 0 Å². The molecular formula is C17H18BrN3O. The van der Waals surface area contributed by atoms with Crippen LogP contribution in [0.15, 0.2) is 55.1 Å². The number of hydrogen-bond acceptors (Lipinski definition) is 1. The van der Waals surface area contributed by atoms with E-state index >= 15 is 0 Å². The zero-order chi connectivity index (χ0) is 14.8. The molecule has 0 radical (unpaired) electrons. The third-order valence-corrected chi connectivity index (χ3v) is 3.57. The van der Waals surface area contributed by atoms with Crippen LogP contribution in [0.5, 0.6) is 0 Å². The molecule has 0 unspecified atom stereocenters. The van der Waals surface area contributed by atoms with E-state index in [9.17, 15) is 4.79 Å². The van der Waals surface area contributed by atoms with E-state index in [-0.39, 0.29) is 22.9 Å². The number of para-hydroxylation sites is 1. The minimum absolute atomic E-state index is 0. The Hall–Kier alpha value is -2.14. The summed E-state index contributed by atoms with van der Waals surface area (Å²) in [5, 5.41) is 3.00. The lowest BCUT2D eigenvalue weighted by Crippen LogP contribution is -3.00. The number of aromatic nitrogens is 2. The van der Waals surface area contributed by atoms with Crippen LogP contribution in [-0.2, 0) is 11.3 Å². The zero-order valence-electron chi connectivity index (χ0n) is 12.6. The SMILES string of the molecule is Cc1cccc(C)c1NC(=O)C[n+]1cc2ccccn2c1.[Br-]. The van der Waals surface area contributed by atoms with Gasteiger partial charge in [-0.3, -0.25) is 4.79 Å². The summed E-state index contributed by atoms with van der Waals surface area (Å²) in [6, 6.07) is 12.0. The highest BCUT2D eigenvalue weighted by Gasteiger charge is 2.12. The molecule has 0 spiro atoms. The predicted molar refractivity (Wildman–Crippen MR) is 82.1 cm³/mol. The third kappa shape index (κ3) is 3.36. The van der Waals surface area contributed by atoms with Crippen molar-refractivity contribution >= 4 is 17.1 Å². The number of aryl methyl sites for hydroxylation is 2. The standard InChI is InChI=1S/C17H17N3O.BrH/c1-13-6-5-7-14(2)17(13)18-16(21)11-19-10-15-8-3-4-9-20(15)12-19;/h3-10,12H,11H2,1-2H3;1H. The molecule has 0 aliphatic carbocycles. The van der Waals surface area contributed by atoms with Crippen molar-refractivity contribution in [2.45, 2.75) is 20.4 Å². The summed E-state index contributed by atoms with van der Waals surface area (Å²) in [7, 11) is 0. The fraction of sp³-hybridized carbons (Fsp3) is 0.176. The van der Waals surface area contributed by atoms with Crippen molar-refractivity contribution in [2.24, 2.45) is 0 Å². The van der Waals surface area contributed by atoms with E-state index < -0.39 is 0 Å². The summed E-state index contributed by atoms with van der Waals surface area (Å²) in [6.45, 7) is 4.31. The van der Waals surface area contributed by atoms with Gasteiger partial charge < -0.3 is 22.3 Å². The Bertz CT molecular complexity index is 757. The minimum Gasteiger partial charge on any atom is -1.00 e. The van der Waals surface area contributed by atoms with E-state index in [1.54, 1.807) is 0 Å². The second-order valence-electron chi connectivity index (χ2n) is 5.26. The van der Waals surface area contributed by atoms with Gasteiger partial charge in [-0.25, -0.2) is 8.97 Å². The van der Waals surface area contributed by atoms with Crippen LogP contribution in [0.25, 0.3) is 5.52 Å². The molecule has 0 aliphatic rings. The summed E-state index contributed by atoms with van der Waals surface area (Å²) in [5.41, 5.74) is 4.13. The van der Waals surface area contributed by atoms with Crippen LogP contribution in [0.2, 0.25) is 0 Å². The van der Waals surface area contributed by atoms with Gasteiger partial charge in [0, 0.05) is 5.69 Å². The molecule has 0 bridgehead atoms. The van der Waals surface area contributed by atoms with E-state index in [0.29, 0.717) is 6.54 Å². The topological polar surface area (TPSA) is 37.4 Å². The van der Waals surface area contributed by atoms with Crippen LogP contribution in [-0.4, -0.2) is 10.3 Å². The summed E-state index contributed by atoms with van der Waals surface area (Å²) in [6.07, 6.45) is 5.85. The molecule has 2 heterocycles. The number of amides is 1. The highest BCUT2D eigenvalue weighted by atomic mass is 79.9. The van der Waals surface area contributed by atoms with Crippen LogP contribution >= 0.6 is 0 Å². The van der Waals surface area contributed by atoms with Crippen LogP contribution in [0.1, 0.15) is 11.1 Å². The number of anilines is 1. The molecule has 22 heavy (non-hydrogen) atoms. The van der Waals surface area contributed by atoms with E-state index in [2.05, 4.69) is 5.32 Å². The number of rotatable bonds is 3. The van der Waals surface area contributed by atoms with Gasteiger partial charge in [-0.2, -0.15) is 0 Å². The first-order valence-electron chi connectivity index (χ1n) is 6.95. The maximum absolute atomic E-state index is 12.2. The van der Waals surface area contributed by atoms with Gasteiger partial charge >= 0.3 is 0 Å². The number of pyridine rings is 1. The van der Waals surface area contributed by atoms with Gasteiger partial charge in [0.2, 0.25) is 6.33 Å². The Labute approximate surface area is 140 Å². The molecule has 1 amide bonds. The van der Waals surface area contributed by atoms with E-state index in [1.807, 2.05) is 77.9 Å². The Balaban J connectivity index is 0.00000176. The van der Waals surface area contributed by atoms with Gasteiger partial charge in [0.15, 0.2) is 12.1 Å². The van der Waals surface area contributed by atoms with Gasteiger partial charge in [-0.15, -0.1) is 0 Å². The summed E-state index contributed by atoms with van der Waals surface area (Å²) < 4.78 is 3.88. The van der Waals surface area contributed by atoms with Gasteiger partial charge in [-0.05, 0) is 37.1 Å². The number of nitrogens with zero attached hydrogens (tertiary/aromatic N) is 2. The van der Waals surface area contributed by atoms with E-state index in [4.69, 9.17) is 0 Å². The van der Waals surface area contributed by atoms with Crippen LogP contribution in [0.4, 0.5) is 5.69 Å². The van der Waals surface area contributed by atoms with Crippen molar-refractivity contribution in [3.05, 3.63) is 66.2 Å². The predicted octanol–water partition coefficient (Wildman–Crippen LogP) is -0.514. The minimum atomic E-state index is -0.0201. The molecule has 1 aromatic carbocycles. The van der Waals surface area contributed by atoms with Crippen molar-refractivity contribution in [1.29, 1.82) is 0 Å². The molecule has 4 nitrogen and oxygen atoms in total. The summed E-state index contributed by atoms with van der Waals surface area (Å²) in [4.78, 5) is 12.2. The first kappa shape index (κ1) is 16.2. The molecule has 0 aliphatic heterocycles. The molecule has 114 valence electrons. The highest BCUT2D eigenvalue weighted by Crippen LogP contribution is 2.19. The fourth-order valence-electron chi connectivity index (χ4n) is 2.49. The normalized spacial score (nSPS) is 10.3. The maximum atomic E-state index is 12.2. The molecule has 5 heteroatoms. The first-order chi connectivity index (χ1) is 10.1. The number of halogens is 1. The third-order valence-electron chi connectivity index (χ3n) is 3.57. The van der Waals surface area contributed by atoms with Crippen molar-refractivity contribution in [1.82, 2.24) is 4.40 Å². The van der Waals surface area contributed by atoms with Crippen LogP contribution < -0.4 is 26.9 Å². The zero-order valence-corrected chi connectivity index (χ0v) is 14.2. The molecular weight excluding hydrogens is 342 g/mol. The number of benzene rings is 1. The lowest BCUT2D eigenvalue weighted by molar-refractivity contribution is -0.682. The fourth-order valence-corrected chi connectivity index (χ4v) is 2.49. The Morgan fingerprint density at radius 3 is 2.55 bits per heavy atom. The van der Waals surface area contributed by atoms with Gasteiger partial charge in [0.25, 0.3) is 5.91 Å². The molecule has 0 atom stereocenters. The number of imidazole rings is 1. The molecule has 3 aromatic rings. The average molecular weight is 360 g/mol. The Morgan fingerprint density at radius 2 is 1.86 bits per heavy atom. The Kier molecular flexibility index (Phi) is 4.98. The smallest absolute Gasteiger partial charge is 0.266 e. The van der Waals surface area contributed by atoms with Crippen molar-refractivity contribution < 1.29 is 26.3 Å². The van der Waals surface area contributed by atoms with Crippen LogP contribution in [0, 0.1) is 13.8 Å². The number of hydrogen-bond donors (Lipinski definition) is 1. The molecule has 0 saturated heterocycles. The highest BCUT2D eigenvalue weighted by molar-refractivity contribution is 5.91. The number of carbonyl (C=O) groups is 1. The molecule has 3 rings (SSSR count). The summed E-state index contributed by atoms with van der Waals surface area (Å²) in [5.74, 6) is -0.0201. The second-order valence-corrected chi connectivity index (χ2v) is 5.26. The largest absolute Gasteiger partial charge is 1.00 e. The lowest BCUT2D eigenvalue weighted by Gasteiger charge is -2.10.